The fraction of sp³-hybridized carbons (Fsp3) is 0.609. The van der Waals surface area contributed by atoms with Gasteiger partial charge in [-0.2, -0.15) is 0 Å². The van der Waals surface area contributed by atoms with Gasteiger partial charge in [-0.1, -0.05) is 63.9 Å². The van der Waals surface area contributed by atoms with Gasteiger partial charge in [0.1, 0.15) is 6.04 Å². The third-order valence-corrected chi connectivity index (χ3v) is 4.77. The topological polar surface area (TPSA) is 95.9 Å². The quantitative estimate of drug-likeness (QED) is 0.316. The number of ether oxygens (including phenoxy) is 1. The first kappa shape index (κ1) is 25.6. The summed E-state index contributed by atoms with van der Waals surface area (Å²) in [5, 5.41) is 9.33. The summed E-state index contributed by atoms with van der Waals surface area (Å²) in [7, 11) is 0. The molecule has 168 valence electrons. The molecule has 0 aromatic heterocycles. The zero-order valence-electron chi connectivity index (χ0n) is 18.8. The number of imide groups is 1. The summed E-state index contributed by atoms with van der Waals surface area (Å²) >= 11 is 0. The van der Waals surface area contributed by atoms with Crippen molar-refractivity contribution in [3.63, 3.8) is 0 Å². The minimum Gasteiger partial charge on any atom is -0.461 e. The molecule has 0 fully saturated rings. The number of nitrogens with one attached hydrogen (secondary N) is 1. The van der Waals surface area contributed by atoms with Crippen molar-refractivity contribution in [2.45, 2.75) is 78.9 Å². The molecule has 7 nitrogen and oxygen atoms in total. The van der Waals surface area contributed by atoms with Crippen LogP contribution in [0.1, 0.15) is 65.9 Å². The van der Waals surface area contributed by atoms with Gasteiger partial charge in [-0.15, -0.1) is 0 Å². The van der Waals surface area contributed by atoms with Crippen molar-refractivity contribution in [3.05, 3.63) is 35.9 Å². The summed E-state index contributed by atoms with van der Waals surface area (Å²) in [5.41, 5.74) is 2.32. The van der Waals surface area contributed by atoms with Crippen molar-refractivity contribution in [1.29, 1.82) is 0 Å². The van der Waals surface area contributed by atoms with Gasteiger partial charge in [-0.05, 0) is 38.2 Å². The van der Waals surface area contributed by atoms with Crippen molar-refractivity contribution < 1.29 is 24.3 Å². The first-order valence-electron chi connectivity index (χ1n) is 10.7. The van der Waals surface area contributed by atoms with Crippen molar-refractivity contribution >= 4 is 17.9 Å². The van der Waals surface area contributed by atoms with Crippen molar-refractivity contribution in [3.8, 4) is 0 Å². The maximum absolute atomic E-state index is 13.5. The van der Waals surface area contributed by atoms with E-state index in [9.17, 15) is 19.6 Å². The van der Waals surface area contributed by atoms with Crippen LogP contribution in [0.4, 0.5) is 4.79 Å². The van der Waals surface area contributed by atoms with Gasteiger partial charge < -0.3 is 4.74 Å². The molecule has 0 saturated carbocycles. The van der Waals surface area contributed by atoms with Gasteiger partial charge in [0.05, 0.1) is 6.10 Å². The van der Waals surface area contributed by atoms with E-state index in [1.807, 2.05) is 51.1 Å². The number of hydrogen-bond donors (Lipinski definition) is 2. The molecular formula is C23H36N2O5. The molecule has 1 aromatic carbocycles. The SMILES string of the molecule is CCCCC(CC(C)C)C(=O)N(C(=O)NO)[C@@H](Cc1ccccc1)C(=O)OC(C)C. The molecule has 0 bridgehead atoms. The fourth-order valence-corrected chi connectivity index (χ4v) is 3.44. The van der Waals surface area contributed by atoms with E-state index in [0.717, 1.165) is 23.3 Å². The Balaban J connectivity index is 3.33. The van der Waals surface area contributed by atoms with Crippen molar-refractivity contribution in [2.75, 3.05) is 0 Å². The number of carbonyl (C=O) groups excluding carboxylic acids is 3. The molecule has 2 atom stereocenters. The second-order valence-electron chi connectivity index (χ2n) is 8.29. The van der Waals surface area contributed by atoms with Gasteiger partial charge in [0.15, 0.2) is 0 Å². The first-order valence-corrected chi connectivity index (χ1v) is 10.7. The molecule has 30 heavy (non-hydrogen) atoms. The molecule has 7 heteroatoms. The van der Waals surface area contributed by atoms with Gasteiger partial charge in [0.2, 0.25) is 5.91 Å². The number of urea groups is 1. The molecule has 0 radical (unpaired) electrons. The summed E-state index contributed by atoms with van der Waals surface area (Å²) in [6, 6.07) is 6.92. The average molecular weight is 421 g/mol. The Hall–Kier alpha value is -2.41. The molecule has 0 heterocycles. The van der Waals surface area contributed by atoms with Gasteiger partial charge in [-0.25, -0.2) is 20.0 Å². The Kier molecular flexibility index (Phi) is 11.1. The molecule has 1 rings (SSSR count). The zero-order chi connectivity index (χ0) is 22.7. The summed E-state index contributed by atoms with van der Waals surface area (Å²) in [6.07, 6.45) is 2.64. The second kappa shape index (κ2) is 13.0. The Morgan fingerprint density at radius 2 is 1.73 bits per heavy atom. The highest BCUT2D eigenvalue weighted by molar-refractivity contribution is 5.99. The minimum absolute atomic E-state index is 0.105. The second-order valence-corrected chi connectivity index (χ2v) is 8.29. The van der Waals surface area contributed by atoms with Crippen LogP contribution in [-0.4, -0.2) is 40.2 Å². The maximum Gasteiger partial charge on any atom is 0.348 e. The molecule has 0 aliphatic heterocycles. The maximum atomic E-state index is 13.5. The van der Waals surface area contributed by atoms with Gasteiger partial charge in [-0.3, -0.25) is 10.0 Å². The predicted octanol–water partition coefficient (Wildman–Crippen LogP) is 4.33. The molecule has 0 spiro atoms. The van der Waals surface area contributed by atoms with Crippen LogP contribution in [0.3, 0.4) is 0 Å². The molecule has 0 saturated heterocycles. The number of unbranched alkanes of at least 4 members (excludes halogenated alkanes) is 1. The third kappa shape index (κ3) is 8.14. The lowest BCUT2D eigenvalue weighted by molar-refractivity contribution is -0.157. The summed E-state index contributed by atoms with van der Waals surface area (Å²) in [6.45, 7) is 9.47. The van der Waals surface area contributed by atoms with Crippen LogP contribution in [0.5, 0.6) is 0 Å². The molecule has 2 N–H and O–H groups in total. The standard InChI is InChI=1S/C23H36N2O5/c1-6-7-13-19(14-16(2)3)21(26)25(23(28)24-29)20(22(27)30-17(4)5)15-18-11-9-8-10-12-18/h8-12,16-17,19-20,29H,6-7,13-15H2,1-5H3,(H,24,28)/t19?,20-/m0/s1. The molecule has 1 aromatic rings. The van der Waals surface area contributed by atoms with Crippen LogP contribution in [0, 0.1) is 11.8 Å². The Bertz CT molecular complexity index is 675. The number of hydrogen-bond acceptors (Lipinski definition) is 5. The van der Waals surface area contributed by atoms with E-state index in [-0.39, 0.29) is 12.3 Å². The van der Waals surface area contributed by atoms with Crippen molar-refractivity contribution in [2.24, 2.45) is 11.8 Å². The molecule has 1 unspecified atom stereocenters. The van der Waals surface area contributed by atoms with E-state index in [2.05, 4.69) is 0 Å². The van der Waals surface area contributed by atoms with Crippen LogP contribution in [0.15, 0.2) is 30.3 Å². The number of hydroxylamine groups is 1. The lowest BCUT2D eigenvalue weighted by atomic mass is 9.90. The number of amides is 3. The first-order chi connectivity index (χ1) is 14.2. The van der Waals surface area contributed by atoms with Crippen LogP contribution in [-0.2, 0) is 20.7 Å². The highest BCUT2D eigenvalue weighted by atomic mass is 16.5. The van der Waals surface area contributed by atoms with Gasteiger partial charge in [0, 0.05) is 12.3 Å². The predicted molar refractivity (Wildman–Crippen MR) is 115 cm³/mol. The number of carbonyl (C=O) groups is 3. The van der Waals surface area contributed by atoms with E-state index in [1.54, 1.807) is 19.3 Å². The zero-order valence-corrected chi connectivity index (χ0v) is 18.8. The van der Waals surface area contributed by atoms with Crippen LogP contribution in [0.25, 0.3) is 0 Å². The average Bonchev–Trinajstić information content (AvgIpc) is 2.70. The van der Waals surface area contributed by atoms with Crippen LogP contribution >= 0.6 is 0 Å². The lowest BCUT2D eigenvalue weighted by Gasteiger charge is -2.32. The van der Waals surface area contributed by atoms with E-state index in [0.29, 0.717) is 12.8 Å². The Labute approximate surface area is 179 Å². The number of esters is 1. The van der Waals surface area contributed by atoms with Crippen LogP contribution < -0.4 is 5.48 Å². The largest absolute Gasteiger partial charge is 0.461 e. The highest BCUT2D eigenvalue weighted by Gasteiger charge is 2.39. The number of benzene rings is 1. The minimum atomic E-state index is -1.18. The van der Waals surface area contributed by atoms with Gasteiger partial charge in [0.25, 0.3) is 0 Å². The smallest absolute Gasteiger partial charge is 0.348 e. The van der Waals surface area contributed by atoms with E-state index in [4.69, 9.17) is 4.74 Å². The normalized spacial score (nSPS) is 13.1. The molecular weight excluding hydrogens is 384 g/mol. The highest BCUT2D eigenvalue weighted by Crippen LogP contribution is 2.24. The lowest BCUT2D eigenvalue weighted by Crippen LogP contribution is -2.55. The monoisotopic (exact) mass is 420 g/mol. The summed E-state index contributed by atoms with van der Waals surface area (Å²) < 4.78 is 5.36. The molecule has 3 amide bonds. The number of rotatable bonds is 11. The van der Waals surface area contributed by atoms with Crippen molar-refractivity contribution in [1.82, 2.24) is 10.4 Å². The molecule has 0 aliphatic rings. The fourth-order valence-electron chi connectivity index (χ4n) is 3.44. The Morgan fingerprint density at radius 3 is 2.23 bits per heavy atom. The number of nitrogens with zero attached hydrogens (tertiary/aromatic N) is 1. The van der Waals surface area contributed by atoms with E-state index >= 15 is 0 Å². The van der Waals surface area contributed by atoms with E-state index in [1.165, 1.54) is 0 Å². The van der Waals surface area contributed by atoms with Gasteiger partial charge >= 0.3 is 12.0 Å². The molecule has 0 aliphatic carbocycles. The third-order valence-electron chi connectivity index (χ3n) is 4.77. The summed E-state index contributed by atoms with van der Waals surface area (Å²) in [5.74, 6) is -1.33. The Morgan fingerprint density at radius 1 is 1.10 bits per heavy atom. The summed E-state index contributed by atoms with van der Waals surface area (Å²) in [4.78, 5) is 39.8. The van der Waals surface area contributed by atoms with E-state index < -0.39 is 36.0 Å². The van der Waals surface area contributed by atoms with Crippen LogP contribution in [0.2, 0.25) is 0 Å².